The fourth-order valence-corrected chi connectivity index (χ4v) is 2.27. The minimum atomic E-state index is -0.292. The smallest absolute Gasteiger partial charge is 0.123 e. The summed E-state index contributed by atoms with van der Waals surface area (Å²) in [6, 6.07) is 4.26. The van der Waals surface area contributed by atoms with Gasteiger partial charge in [-0.25, -0.2) is 4.39 Å². The first-order valence-electron chi connectivity index (χ1n) is 6.13. The van der Waals surface area contributed by atoms with E-state index in [0.717, 1.165) is 11.3 Å². The van der Waals surface area contributed by atoms with Crippen LogP contribution in [-0.2, 0) is 4.74 Å². The number of aliphatic hydroxyl groups is 1. The largest absolute Gasteiger partial charge is 0.394 e. The van der Waals surface area contributed by atoms with E-state index in [2.05, 4.69) is 0 Å². The lowest BCUT2D eigenvalue weighted by Gasteiger charge is -2.38. The zero-order valence-corrected chi connectivity index (χ0v) is 10.5. The van der Waals surface area contributed by atoms with Gasteiger partial charge in [-0.15, -0.1) is 0 Å². The highest BCUT2D eigenvalue weighted by Crippen LogP contribution is 2.28. The summed E-state index contributed by atoms with van der Waals surface area (Å²) in [4.78, 5) is 2.04. The molecule has 18 heavy (non-hydrogen) atoms. The van der Waals surface area contributed by atoms with Gasteiger partial charge in [0.2, 0.25) is 0 Å². The zero-order chi connectivity index (χ0) is 13.1. The number of benzene rings is 1. The minimum absolute atomic E-state index is 0.00969. The van der Waals surface area contributed by atoms with E-state index in [-0.39, 0.29) is 24.5 Å². The topological polar surface area (TPSA) is 58.7 Å². The van der Waals surface area contributed by atoms with Crippen molar-refractivity contribution in [3.63, 3.8) is 0 Å². The lowest BCUT2D eigenvalue weighted by molar-refractivity contribution is 0.0726. The number of ether oxygens (including phenoxy) is 1. The average molecular weight is 254 g/mol. The number of hydrogen-bond acceptors (Lipinski definition) is 4. The lowest BCUT2D eigenvalue weighted by Crippen LogP contribution is -2.48. The van der Waals surface area contributed by atoms with Gasteiger partial charge in [-0.05, 0) is 30.7 Å². The summed E-state index contributed by atoms with van der Waals surface area (Å²) in [5.41, 5.74) is 7.53. The molecule has 100 valence electrons. The van der Waals surface area contributed by atoms with Crippen LogP contribution in [0.2, 0.25) is 0 Å². The van der Waals surface area contributed by atoms with Gasteiger partial charge in [0.05, 0.1) is 25.9 Å². The molecule has 5 heteroatoms. The van der Waals surface area contributed by atoms with E-state index in [0.29, 0.717) is 19.8 Å². The molecule has 1 unspecified atom stereocenters. The van der Waals surface area contributed by atoms with Gasteiger partial charge in [0.1, 0.15) is 5.82 Å². The molecule has 3 N–H and O–H groups in total. The molecule has 1 saturated heterocycles. The van der Waals surface area contributed by atoms with Crippen LogP contribution in [0.15, 0.2) is 18.2 Å². The Morgan fingerprint density at radius 1 is 1.61 bits per heavy atom. The van der Waals surface area contributed by atoms with Crippen LogP contribution in [0.4, 0.5) is 10.1 Å². The van der Waals surface area contributed by atoms with Crippen molar-refractivity contribution in [3.8, 4) is 0 Å². The van der Waals surface area contributed by atoms with Crippen LogP contribution in [-0.4, -0.2) is 37.5 Å². The second kappa shape index (κ2) is 5.65. The van der Waals surface area contributed by atoms with Crippen LogP contribution in [0.3, 0.4) is 0 Å². The molecule has 0 aromatic heterocycles. The van der Waals surface area contributed by atoms with Crippen molar-refractivity contribution in [1.29, 1.82) is 0 Å². The van der Waals surface area contributed by atoms with Crippen molar-refractivity contribution in [2.24, 2.45) is 5.73 Å². The molecule has 2 rings (SSSR count). The predicted octanol–water partition coefficient (Wildman–Crippen LogP) is 1.04. The molecule has 0 radical (unpaired) electrons. The van der Waals surface area contributed by atoms with E-state index in [1.807, 2.05) is 11.8 Å². The van der Waals surface area contributed by atoms with Crippen molar-refractivity contribution in [3.05, 3.63) is 29.6 Å². The number of hydrogen-bond donors (Lipinski definition) is 2. The van der Waals surface area contributed by atoms with Crippen molar-refractivity contribution >= 4 is 5.69 Å². The summed E-state index contributed by atoms with van der Waals surface area (Å²) in [6.07, 6.45) is 0. The van der Waals surface area contributed by atoms with Crippen LogP contribution >= 0.6 is 0 Å². The van der Waals surface area contributed by atoms with Gasteiger partial charge in [-0.1, -0.05) is 0 Å². The maximum Gasteiger partial charge on any atom is 0.123 e. The number of anilines is 1. The molecule has 0 saturated carbocycles. The number of halogens is 1. The quantitative estimate of drug-likeness (QED) is 0.846. The molecule has 4 nitrogen and oxygen atoms in total. The summed E-state index contributed by atoms with van der Waals surface area (Å²) in [6.45, 7) is 3.59. The normalized spacial score (nSPS) is 22.0. The monoisotopic (exact) mass is 254 g/mol. The number of rotatable bonds is 3. The number of morpholine rings is 1. The Hall–Kier alpha value is -1.17. The molecule has 0 amide bonds. The Morgan fingerprint density at radius 3 is 3.06 bits per heavy atom. The van der Waals surface area contributed by atoms with Crippen molar-refractivity contribution in [1.82, 2.24) is 0 Å². The van der Waals surface area contributed by atoms with Gasteiger partial charge in [0, 0.05) is 18.3 Å². The molecule has 1 aromatic carbocycles. The van der Waals surface area contributed by atoms with Gasteiger partial charge < -0.3 is 20.5 Å². The summed E-state index contributed by atoms with van der Waals surface area (Å²) >= 11 is 0. The van der Waals surface area contributed by atoms with Gasteiger partial charge in [0.15, 0.2) is 0 Å². The first-order chi connectivity index (χ1) is 8.63. The van der Waals surface area contributed by atoms with E-state index >= 15 is 0 Å². The molecule has 0 aliphatic carbocycles. The second-order valence-corrected chi connectivity index (χ2v) is 4.60. The molecule has 1 heterocycles. The Balaban J connectivity index is 2.36. The lowest BCUT2D eigenvalue weighted by atomic mass is 10.0. The first-order valence-corrected chi connectivity index (χ1v) is 6.13. The highest BCUT2D eigenvalue weighted by molar-refractivity contribution is 5.56. The highest BCUT2D eigenvalue weighted by Gasteiger charge is 2.25. The molecule has 1 fully saturated rings. The van der Waals surface area contributed by atoms with Crippen LogP contribution in [0.5, 0.6) is 0 Å². The van der Waals surface area contributed by atoms with E-state index in [1.165, 1.54) is 12.1 Å². The van der Waals surface area contributed by atoms with E-state index in [9.17, 15) is 9.50 Å². The number of nitrogens with two attached hydrogens (primary N) is 1. The fourth-order valence-electron chi connectivity index (χ4n) is 2.27. The maximum absolute atomic E-state index is 13.3. The van der Waals surface area contributed by atoms with Crippen molar-refractivity contribution in [2.75, 3.05) is 31.3 Å². The van der Waals surface area contributed by atoms with Gasteiger partial charge in [-0.3, -0.25) is 0 Å². The van der Waals surface area contributed by atoms with Crippen LogP contribution in [0, 0.1) is 5.82 Å². The van der Waals surface area contributed by atoms with E-state index in [4.69, 9.17) is 10.5 Å². The minimum Gasteiger partial charge on any atom is -0.394 e. The standard InChI is InChI=1S/C13H19FN2O2/c1-9(15)12-6-10(14)2-3-13(12)16-4-5-18-8-11(16)7-17/h2-3,6,9,11,17H,4-5,7-8,15H2,1H3/t9-,11?/m1/s1. The number of aliphatic hydroxyl groups excluding tert-OH is 1. The predicted molar refractivity (Wildman–Crippen MR) is 68.0 cm³/mol. The highest BCUT2D eigenvalue weighted by atomic mass is 19.1. The third kappa shape index (κ3) is 2.63. The fraction of sp³-hybridized carbons (Fsp3) is 0.538. The van der Waals surface area contributed by atoms with Crippen LogP contribution in [0.25, 0.3) is 0 Å². The molecule has 1 aliphatic heterocycles. The van der Waals surface area contributed by atoms with Crippen LogP contribution < -0.4 is 10.6 Å². The average Bonchev–Trinajstić information content (AvgIpc) is 2.38. The third-order valence-corrected chi connectivity index (χ3v) is 3.23. The first kappa shape index (κ1) is 13.3. The molecule has 1 aliphatic rings. The summed E-state index contributed by atoms with van der Waals surface area (Å²) in [5, 5.41) is 9.38. The maximum atomic E-state index is 13.3. The molecular weight excluding hydrogens is 235 g/mol. The summed E-state index contributed by atoms with van der Waals surface area (Å²) in [7, 11) is 0. The van der Waals surface area contributed by atoms with E-state index < -0.39 is 0 Å². The van der Waals surface area contributed by atoms with Crippen LogP contribution in [0.1, 0.15) is 18.5 Å². The Bertz CT molecular complexity index is 412. The van der Waals surface area contributed by atoms with Gasteiger partial charge in [-0.2, -0.15) is 0 Å². The second-order valence-electron chi connectivity index (χ2n) is 4.60. The SMILES string of the molecule is C[C@@H](N)c1cc(F)ccc1N1CCOCC1CO. The number of nitrogens with zero attached hydrogens (tertiary/aromatic N) is 1. The summed E-state index contributed by atoms with van der Waals surface area (Å²) < 4.78 is 18.6. The Morgan fingerprint density at radius 2 is 2.39 bits per heavy atom. The molecule has 0 bridgehead atoms. The van der Waals surface area contributed by atoms with Gasteiger partial charge >= 0.3 is 0 Å². The Kier molecular flexibility index (Phi) is 4.16. The van der Waals surface area contributed by atoms with Crippen molar-refractivity contribution < 1.29 is 14.2 Å². The molecule has 1 aromatic rings. The van der Waals surface area contributed by atoms with E-state index in [1.54, 1.807) is 6.07 Å². The molecule has 0 spiro atoms. The Labute approximate surface area is 106 Å². The zero-order valence-electron chi connectivity index (χ0n) is 10.5. The third-order valence-electron chi connectivity index (χ3n) is 3.23. The molecular formula is C13H19FN2O2. The van der Waals surface area contributed by atoms with Gasteiger partial charge in [0.25, 0.3) is 0 Å². The van der Waals surface area contributed by atoms with Crippen molar-refractivity contribution in [2.45, 2.75) is 19.0 Å². The molecule has 2 atom stereocenters. The summed E-state index contributed by atoms with van der Waals surface area (Å²) in [5.74, 6) is -0.292.